The van der Waals surface area contributed by atoms with Crippen molar-refractivity contribution >= 4 is 17.3 Å². The van der Waals surface area contributed by atoms with Crippen LogP contribution in [0.2, 0.25) is 5.15 Å². The van der Waals surface area contributed by atoms with Crippen molar-refractivity contribution in [2.24, 2.45) is 0 Å². The molecule has 0 aliphatic heterocycles. The lowest BCUT2D eigenvalue weighted by Gasteiger charge is -2.12. The van der Waals surface area contributed by atoms with Gasteiger partial charge in [0.05, 0.1) is 12.8 Å². The molecule has 0 saturated heterocycles. The van der Waals surface area contributed by atoms with E-state index in [9.17, 15) is 0 Å². The second-order valence-electron chi connectivity index (χ2n) is 3.97. The number of ether oxygens (including phenoxy) is 2. The van der Waals surface area contributed by atoms with Crippen LogP contribution < -0.4 is 15.2 Å². The minimum atomic E-state index is 0.273. The number of benzene rings is 1. The first-order valence-corrected chi connectivity index (χ1v) is 6.28. The third-order valence-corrected chi connectivity index (χ3v) is 2.91. The molecule has 5 heteroatoms. The average molecular weight is 279 g/mol. The first-order chi connectivity index (χ1) is 9.13. The average Bonchev–Trinajstić information content (AvgIpc) is 2.43. The fraction of sp³-hybridized carbons (Fsp3) is 0.214. The minimum absolute atomic E-state index is 0.273. The van der Waals surface area contributed by atoms with Crippen LogP contribution in [0.15, 0.2) is 30.3 Å². The zero-order valence-corrected chi connectivity index (χ0v) is 11.6. The molecule has 2 aromatic rings. The van der Waals surface area contributed by atoms with Crippen LogP contribution in [0.25, 0.3) is 0 Å². The molecule has 0 bridgehead atoms. The number of anilines is 1. The van der Waals surface area contributed by atoms with E-state index >= 15 is 0 Å². The summed E-state index contributed by atoms with van der Waals surface area (Å²) in [5.41, 5.74) is 7.38. The molecule has 4 nitrogen and oxygen atoms in total. The summed E-state index contributed by atoms with van der Waals surface area (Å²) in [5.74, 6) is 1.47. The van der Waals surface area contributed by atoms with E-state index in [4.69, 9.17) is 26.8 Å². The van der Waals surface area contributed by atoms with Crippen LogP contribution in [-0.2, 0) is 6.42 Å². The van der Waals surface area contributed by atoms with Crippen molar-refractivity contribution in [3.05, 3.63) is 41.0 Å². The summed E-state index contributed by atoms with van der Waals surface area (Å²) >= 11 is 5.83. The Morgan fingerprint density at radius 2 is 2.00 bits per heavy atom. The van der Waals surface area contributed by atoms with Gasteiger partial charge in [-0.15, -0.1) is 0 Å². The van der Waals surface area contributed by atoms with Crippen LogP contribution in [-0.4, -0.2) is 12.1 Å². The van der Waals surface area contributed by atoms with Crippen LogP contribution >= 0.6 is 11.6 Å². The van der Waals surface area contributed by atoms with E-state index in [1.54, 1.807) is 19.2 Å². The zero-order valence-electron chi connectivity index (χ0n) is 10.8. The van der Waals surface area contributed by atoms with E-state index in [1.807, 2.05) is 18.2 Å². The van der Waals surface area contributed by atoms with Gasteiger partial charge in [0, 0.05) is 0 Å². The Hall–Kier alpha value is -1.94. The molecular weight excluding hydrogens is 264 g/mol. The predicted octanol–water partition coefficient (Wildman–Crippen LogP) is 3.68. The largest absolute Gasteiger partial charge is 0.493 e. The Labute approximate surface area is 117 Å². The van der Waals surface area contributed by atoms with Crippen LogP contribution in [0.1, 0.15) is 12.5 Å². The first-order valence-electron chi connectivity index (χ1n) is 5.90. The van der Waals surface area contributed by atoms with Gasteiger partial charge in [-0.3, -0.25) is 0 Å². The molecule has 1 aromatic carbocycles. The number of hydrogen-bond donors (Lipinski definition) is 1. The van der Waals surface area contributed by atoms with E-state index in [0.717, 1.165) is 12.0 Å². The predicted molar refractivity (Wildman–Crippen MR) is 76.1 cm³/mol. The van der Waals surface area contributed by atoms with Gasteiger partial charge in [-0.05, 0) is 36.2 Å². The number of halogens is 1. The van der Waals surface area contributed by atoms with Crippen molar-refractivity contribution in [3.8, 4) is 17.4 Å². The van der Waals surface area contributed by atoms with Crippen molar-refractivity contribution < 1.29 is 9.47 Å². The Morgan fingerprint density at radius 3 is 2.68 bits per heavy atom. The van der Waals surface area contributed by atoms with Crippen molar-refractivity contribution in [1.29, 1.82) is 0 Å². The second-order valence-corrected chi connectivity index (χ2v) is 4.36. The fourth-order valence-electron chi connectivity index (χ4n) is 1.63. The maximum Gasteiger partial charge on any atom is 0.244 e. The van der Waals surface area contributed by atoms with E-state index in [0.29, 0.717) is 22.3 Å². The smallest absolute Gasteiger partial charge is 0.244 e. The van der Waals surface area contributed by atoms with Crippen LogP contribution in [0, 0.1) is 0 Å². The van der Waals surface area contributed by atoms with Crippen LogP contribution in [0.3, 0.4) is 0 Å². The molecule has 0 fully saturated rings. The highest BCUT2D eigenvalue weighted by atomic mass is 35.5. The summed E-state index contributed by atoms with van der Waals surface area (Å²) in [6, 6.07) is 8.99. The molecule has 1 heterocycles. The molecule has 0 saturated carbocycles. The molecular formula is C14H15ClN2O2. The van der Waals surface area contributed by atoms with Crippen molar-refractivity contribution in [3.63, 3.8) is 0 Å². The second kappa shape index (κ2) is 5.80. The topological polar surface area (TPSA) is 57.4 Å². The molecule has 2 rings (SSSR count). The Morgan fingerprint density at radius 1 is 1.21 bits per heavy atom. The van der Waals surface area contributed by atoms with Crippen molar-refractivity contribution in [2.45, 2.75) is 13.3 Å². The molecule has 0 aliphatic rings. The van der Waals surface area contributed by atoms with E-state index in [1.165, 1.54) is 0 Å². The van der Waals surface area contributed by atoms with Gasteiger partial charge in [0.1, 0.15) is 5.15 Å². The minimum Gasteiger partial charge on any atom is -0.493 e. The molecule has 0 aliphatic carbocycles. The fourth-order valence-corrected chi connectivity index (χ4v) is 1.77. The lowest BCUT2D eigenvalue weighted by atomic mass is 10.1. The van der Waals surface area contributed by atoms with Crippen molar-refractivity contribution in [2.75, 3.05) is 12.8 Å². The lowest BCUT2D eigenvalue weighted by molar-refractivity contribution is 0.374. The van der Waals surface area contributed by atoms with Gasteiger partial charge >= 0.3 is 0 Å². The SMILES string of the molecule is CCc1ccc(Oc2nc(Cl)ccc2N)c(OC)c1. The number of aromatic nitrogens is 1. The van der Waals surface area contributed by atoms with E-state index in [2.05, 4.69) is 11.9 Å². The number of nitrogens with zero attached hydrogens (tertiary/aromatic N) is 1. The molecule has 19 heavy (non-hydrogen) atoms. The van der Waals surface area contributed by atoms with Gasteiger partial charge in [-0.2, -0.15) is 4.98 Å². The standard InChI is InChI=1S/C14H15ClN2O2/c1-3-9-4-6-11(12(8-9)18-2)19-14-10(16)5-7-13(15)17-14/h4-8H,3,16H2,1-2H3. The molecule has 0 spiro atoms. The van der Waals surface area contributed by atoms with Crippen LogP contribution in [0.4, 0.5) is 5.69 Å². The summed E-state index contributed by atoms with van der Waals surface area (Å²) in [5, 5.41) is 0.327. The highest BCUT2D eigenvalue weighted by Gasteiger charge is 2.10. The van der Waals surface area contributed by atoms with Gasteiger partial charge in [-0.25, -0.2) is 0 Å². The Kier molecular flexibility index (Phi) is 4.12. The quantitative estimate of drug-likeness (QED) is 0.867. The summed E-state index contributed by atoms with van der Waals surface area (Å²) < 4.78 is 11.0. The summed E-state index contributed by atoms with van der Waals surface area (Å²) in [6.45, 7) is 2.08. The third kappa shape index (κ3) is 3.09. The van der Waals surface area contributed by atoms with Gasteiger partial charge in [0.25, 0.3) is 0 Å². The number of methoxy groups -OCH3 is 1. The van der Waals surface area contributed by atoms with Gasteiger partial charge < -0.3 is 15.2 Å². The Balaban J connectivity index is 2.35. The molecule has 1 aromatic heterocycles. The number of pyridine rings is 1. The maximum absolute atomic E-state index is 5.83. The normalized spacial score (nSPS) is 10.3. The summed E-state index contributed by atoms with van der Waals surface area (Å²) in [6.07, 6.45) is 0.925. The van der Waals surface area contributed by atoms with Gasteiger partial charge in [-0.1, -0.05) is 24.6 Å². The highest BCUT2D eigenvalue weighted by molar-refractivity contribution is 6.29. The summed E-state index contributed by atoms with van der Waals surface area (Å²) in [4.78, 5) is 4.05. The first kappa shape index (κ1) is 13.5. The lowest BCUT2D eigenvalue weighted by Crippen LogP contribution is -1.97. The zero-order chi connectivity index (χ0) is 13.8. The van der Waals surface area contributed by atoms with E-state index in [-0.39, 0.29) is 5.88 Å². The van der Waals surface area contributed by atoms with Gasteiger partial charge in [0.15, 0.2) is 11.5 Å². The van der Waals surface area contributed by atoms with E-state index < -0.39 is 0 Å². The molecule has 0 atom stereocenters. The number of rotatable bonds is 4. The number of aryl methyl sites for hydroxylation is 1. The molecule has 0 amide bonds. The Bertz CT molecular complexity index is 588. The third-order valence-electron chi connectivity index (χ3n) is 2.70. The van der Waals surface area contributed by atoms with Gasteiger partial charge in [0.2, 0.25) is 5.88 Å². The monoisotopic (exact) mass is 278 g/mol. The molecule has 0 unspecified atom stereocenters. The maximum atomic E-state index is 5.83. The highest BCUT2D eigenvalue weighted by Crippen LogP contribution is 2.34. The molecule has 0 radical (unpaired) electrons. The number of hydrogen-bond acceptors (Lipinski definition) is 4. The molecule has 100 valence electrons. The number of nitrogen functional groups attached to an aromatic ring is 1. The number of nitrogens with two attached hydrogens (primary N) is 1. The molecule has 2 N–H and O–H groups in total. The van der Waals surface area contributed by atoms with Crippen molar-refractivity contribution in [1.82, 2.24) is 4.98 Å². The van der Waals surface area contributed by atoms with Crippen LogP contribution in [0.5, 0.6) is 17.4 Å². The summed E-state index contributed by atoms with van der Waals surface area (Å²) in [7, 11) is 1.59.